The molecule has 6 nitrogen and oxygen atoms in total. The SMILES string of the molecule is CCNC(=O)N1CCN(C(=O)C(C)(N)c2ccc(Br)cc2)CC1. The molecule has 7 heteroatoms. The van der Waals surface area contributed by atoms with E-state index >= 15 is 0 Å². The van der Waals surface area contributed by atoms with Crippen LogP contribution in [0.4, 0.5) is 4.79 Å². The van der Waals surface area contributed by atoms with E-state index in [9.17, 15) is 9.59 Å². The van der Waals surface area contributed by atoms with Crippen molar-refractivity contribution in [3.63, 3.8) is 0 Å². The largest absolute Gasteiger partial charge is 0.338 e. The first-order valence-electron chi connectivity index (χ1n) is 7.73. The normalized spacial score (nSPS) is 17.6. The van der Waals surface area contributed by atoms with Gasteiger partial charge in [0.25, 0.3) is 0 Å². The Bertz CT molecular complexity index is 566. The van der Waals surface area contributed by atoms with E-state index in [0.29, 0.717) is 32.7 Å². The Hall–Kier alpha value is -1.60. The molecule has 1 fully saturated rings. The molecular weight excluding hydrogens is 360 g/mol. The summed E-state index contributed by atoms with van der Waals surface area (Å²) in [5, 5.41) is 2.78. The highest BCUT2D eigenvalue weighted by Gasteiger charge is 2.36. The van der Waals surface area contributed by atoms with Gasteiger partial charge in [-0.05, 0) is 31.5 Å². The summed E-state index contributed by atoms with van der Waals surface area (Å²) in [5.41, 5.74) is 6.01. The van der Waals surface area contributed by atoms with Gasteiger partial charge in [0.2, 0.25) is 5.91 Å². The molecule has 0 bridgehead atoms. The van der Waals surface area contributed by atoms with Crippen LogP contribution in [0.5, 0.6) is 0 Å². The van der Waals surface area contributed by atoms with Crippen molar-refractivity contribution < 1.29 is 9.59 Å². The van der Waals surface area contributed by atoms with Gasteiger partial charge in [0.1, 0.15) is 5.54 Å². The van der Waals surface area contributed by atoms with Crippen molar-refractivity contribution in [2.45, 2.75) is 19.4 Å². The predicted molar refractivity (Wildman–Crippen MR) is 92.9 cm³/mol. The third-order valence-electron chi connectivity index (χ3n) is 4.07. The average molecular weight is 383 g/mol. The van der Waals surface area contributed by atoms with Crippen molar-refractivity contribution in [3.05, 3.63) is 34.3 Å². The van der Waals surface area contributed by atoms with Gasteiger partial charge in [-0.15, -0.1) is 0 Å². The summed E-state index contributed by atoms with van der Waals surface area (Å²) in [6.07, 6.45) is 0. The van der Waals surface area contributed by atoms with Gasteiger partial charge in [-0.25, -0.2) is 4.79 Å². The maximum atomic E-state index is 12.8. The maximum Gasteiger partial charge on any atom is 0.317 e. The van der Waals surface area contributed by atoms with Gasteiger partial charge in [0.05, 0.1) is 0 Å². The number of rotatable bonds is 3. The second-order valence-electron chi connectivity index (χ2n) is 5.82. The van der Waals surface area contributed by atoms with Crippen LogP contribution in [-0.2, 0) is 10.3 Å². The highest BCUT2D eigenvalue weighted by Crippen LogP contribution is 2.23. The summed E-state index contributed by atoms with van der Waals surface area (Å²) in [4.78, 5) is 28.0. The molecule has 23 heavy (non-hydrogen) atoms. The van der Waals surface area contributed by atoms with Crippen molar-refractivity contribution in [1.82, 2.24) is 15.1 Å². The van der Waals surface area contributed by atoms with Crippen LogP contribution in [0, 0.1) is 0 Å². The minimum Gasteiger partial charge on any atom is -0.338 e. The number of halogens is 1. The Balaban J connectivity index is 2.01. The number of carbonyl (C=O) groups excluding carboxylic acids is 2. The number of carbonyl (C=O) groups is 2. The maximum absolute atomic E-state index is 12.8. The molecule has 1 saturated heterocycles. The molecule has 1 heterocycles. The van der Waals surface area contributed by atoms with Gasteiger partial charge < -0.3 is 20.9 Å². The van der Waals surface area contributed by atoms with Gasteiger partial charge in [-0.3, -0.25) is 4.79 Å². The van der Waals surface area contributed by atoms with E-state index in [1.54, 1.807) is 16.7 Å². The van der Waals surface area contributed by atoms with Crippen LogP contribution in [-0.4, -0.2) is 54.5 Å². The van der Waals surface area contributed by atoms with E-state index in [2.05, 4.69) is 21.2 Å². The van der Waals surface area contributed by atoms with Crippen LogP contribution in [0.3, 0.4) is 0 Å². The van der Waals surface area contributed by atoms with E-state index in [1.807, 2.05) is 31.2 Å². The van der Waals surface area contributed by atoms with E-state index in [0.717, 1.165) is 10.0 Å². The lowest BCUT2D eigenvalue weighted by Gasteiger charge is -2.38. The first kappa shape index (κ1) is 17.7. The number of nitrogens with one attached hydrogen (secondary N) is 1. The second kappa shape index (κ2) is 7.31. The summed E-state index contributed by atoms with van der Waals surface area (Å²) in [6, 6.07) is 7.38. The van der Waals surface area contributed by atoms with Crippen molar-refractivity contribution in [2.75, 3.05) is 32.7 Å². The molecule has 0 saturated carbocycles. The van der Waals surface area contributed by atoms with Crippen molar-refractivity contribution in [1.29, 1.82) is 0 Å². The molecule has 126 valence electrons. The molecule has 1 atom stereocenters. The monoisotopic (exact) mass is 382 g/mol. The van der Waals surface area contributed by atoms with E-state index in [-0.39, 0.29) is 11.9 Å². The predicted octanol–water partition coefficient (Wildman–Crippen LogP) is 1.50. The molecule has 3 amide bonds. The summed E-state index contributed by atoms with van der Waals surface area (Å²) in [6.45, 7) is 6.26. The van der Waals surface area contributed by atoms with Gasteiger partial charge in [-0.1, -0.05) is 28.1 Å². The molecule has 0 spiro atoms. The average Bonchev–Trinajstić information content (AvgIpc) is 2.55. The zero-order valence-electron chi connectivity index (χ0n) is 13.5. The van der Waals surface area contributed by atoms with Crippen LogP contribution in [0.1, 0.15) is 19.4 Å². The number of hydrogen-bond acceptors (Lipinski definition) is 3. The Labute approximate surface area is 145 Å². The van der Waals surface area contributed by atoms with Crippen LogP contribution >= 0.6 is 15.9 Å². The number of urea groups is 1. The lowest BCUT2D eigenvalue weighted by atomic mass is 9.91. The second-order valence-corrected chi connectivity index (χ2v) is 6.74. The molecule has 2 rings (SSSR count). The molecule has 1 aromatic carbocycles. The first-order chi connectivity index (χ1) is 10.9. The Kier molecular flexibility index (Phi) is 5.64. The lowest BCUT2D eigenvalue weighted by Crippen LogP contribution is -2.58. The van der Waals surface area contributed by atoms with Gasteiger partial charge in [0, 0.05) is 37.2 Å². The Morgan fingerprint density at radius 1 is 1.17 bits per heavy atom. The zero-order chi connectivity index (χ0) is 17.0. The fourth-order valence-electron chi connectivity index (χ4n) is 2.62. The number of amides is 3. The summed E-state index contributed by atoms with van der Waals surface area (Å²) in [5.74, 6) is -0.115. The molecular formula is C16H23BrN4O2. The molecule has 0 aliphatic carbocycles. The number of nitrogens with zero attached hydrogens (tertiary/aromatic N) is 2. The van der Waals surface area contributed by atoms with Crippen LogP contribution in [0.25, 0.3) is 0 Å². The van der Waals surface area contributed by atoms with Crippen molar-refractivity contribution in [3.8, 4) is 0 Å². The van der Waals surface area contributed by atoms with E-state index in [1.165, 1.54) is 0 Å². The number of piperazine rings is 1. The van der Waals surface area contributed by atoms with E-state index in [4.69, 9.17) is 5.73 Å². The highest BCUT2D eigenvalue weighted by molar-refractivity contribution is 9.10. The minimum absolute atomic E-state index is 0.0805. The summed E-state index contributed by atoms with van der Waals surface area (Å²) in [7, 11) is 0. The summed E-state index contributed by atoms with van der Waals surface area (Å²) < 4.78 is 0.944. The first-order valence-corrected chi connectivity index (χ1v) is 8.52. The van der Waals surface area contributed by atoms with Gasteiger partial charge >= 0.3 is 6.03 Å². The third-order valence-corrected chi connectivity index (χ3v) is 4.60. The number of benzene rings is 1. The Morgan fingerprint density at radius 3 is 2.22 bits per heavy atom. The van der Waals surface area contributed by atoms with Crippen molar-refractivity contribution >= 4 is 27.9 Å². The minimum atomic E-state index is -1.07. The fourth-order valence-corrected chi connectivity index (χ4v) is 2.89. The Morgan fingerprint density at radius 2 is 1.70 bits per heavy atom. The molecule has 1 aliphatic heterocycles. The van der Waals surface area contributed by atoms with E-state index < -0.39 is 5.54 Å². The van der Waals surface area contributed by atoms with Crippen LogP contribution in [0.15, 0.2) is 28.7 Å². The number of hydrogen-bond donors (Lipinski definition) is 2. The third kappa shape index (κ3) is 4.03. The van der Waals surface area contributed by atoms with Crippen LogP contribution < -0.4 is 11.1 Å². The zero-order valence-corrected chi connectivity index (χ0v) is 15.1. The lowest BCUT2D eigenvalue weighted by molar-refractivity contribution is -0.138. The highest BCUT2D eigenvalue weighted by atomic mass is 79.9. The molecule has 3 N–H and O–H groups in total. The molecule has 0 radical (unpaired) electrons. The smallest absolute Gasteiger partial charge is 0.317 e. The van der Waals surface area contributed by atoms with Gasteiger partial charge in [0.15, 0.2) is 0 Å². The summed E-state index contributed by atoms with van der Waals surface area (Å²) >= 11 is 3.38. The van der Waals surface area contributed by atoms with Gasteiger partial charge in [-0.2, -0.15) is 0 Å². The molecule has 1 unspecified atom stereocenters. The molecule has 0 aromatic heterocycles. The standard InChI is InChI=1S/C16H23BrN4O2/c1-3-19-15(23)21-10-8-20(9-11-21)14(22)16(2,18)12-4-6-13(17)7-5-12/h4-7H,3,8-11,18H2,1-2H3,(H,19,23). The quantitative estimate of drug-likeness (QED) is 0.830. The fraction of sp³-hybridized carbons (Fsp3) is 0.500. The molecule has 1 aliphatic rings. The van der Waals surface area contributed by atoms with Crippen molar-refractivity contribution in [2.24, 2.45) is 5.73 Å². The number of nitrogens with two attached hydrogens (primary N) is 1. The topological polar surface area (TPSA) is 78.7 Å². The van der Waals surface area contributed by atoms with Crippen LogP contribution in [0.2, 0.25) is 0 Å². The molecule has 1 aromatic rings.